The van der Waals surface area contributed by atoms with Gasteiger partial charge in [-0.2, -0.15) is 0 Å². The number of hydrogen-bond donors (Lipinski definition) is 2. The summed E-state index contributed by atoms with van der Waals surface area (Å²) >= 11 is 0. The van der Waals surface area contributed by atoms with Gasteiger partial charge in [0.25, 0.3) is 0 Å². The molecular formula is C11H24N2O. The molecule has 0 aromatic rings. The first-order valence-corrected chi connectivity index (χ1v) is 5.22. The van der Waals surface area contributed by atoms with Gasteiger partial charge in [0.2, 0.25) is 5.91 Å². The van der Waals surface area contributed by atoms with Crippen LogP contribution in [0.1, 0.15) is 41.5 Å². The number of amides is 1. The van der Waals surface area contributed by atoms with Crippen LogP contribution in [0.3, 0.4) is 0 Å². The molecular weight excluding hydrogens is 176 g/mol. The number of nitrogens with one attached hydrogen (secondary N) is 1. The summed E-state index contributed by atoms with van der Waals surface area (Å²) in [5, 5.41) is 2.92. The molecule has 0 aliphatic rings. The maximum absolute atomic E-state index is 11.7. The molecule has 0 saturated carbocycles. The van der Waals surface area contributed by atoms with Crippen LogP contribution in [0, 0.1) is 11.3 Å². The Morgan fingerprint density at radius 3 is 1.93 bits per heavy atom. The van der Waals surface area contributed by atoms with Crippen molar-refractivity contribution in [2.75, 3.05) is 0 Å². The SMILES string of the molecule is CC(C)C(C)NC(=O)C(N)C(C)(C)C. The molecule has 0 spiro atoms. The van der Waals surface area contributed by atoms with Gasteiger partial charge in [-0.1, -0.05) is 34.6 Å². The van der Waals surface area contributed by atoms with Crippen LogP contribution in [0.15, 0.2) is 0 Å². The van der Waals surface area contributed by atoms with Gasteiger partial charge in [-0.25, -0.2) is 0 Å². The van der Waals surface area contributed by atoms with Crippen LogP contribution >= 0.6 is 0 Å². The fourth-order valence-electron chi connectivity index (χ4n) is 0.874. The van der Waals surface area contributed by atoms with E-state index in [1.807, 2.05) is 27.7 Å². The summed E-state index contributed by atoms with van der Waals surface area (Å²) in [6, 6.07) is -0.264. The summed E-state index contributed by atoms with van der Waals surface area (Å²) in [6.45, 7) is 12.1. The average Bonchev–Trinajstić information content (AvgIpc) is 2.00. The van der Waals surface area contributed by atoms with Crippen LogP contribution in [-0.4, -0.2) is 18.0 Å². The zero-order chi connectivity index (χ0) is 11.5. The summed E-state index contributed by atoms with van der Waals surface area (Å²) < 4.78 is 0. The van der Waals surface area contributed by atoms with Crippen LogP contribution in [0.4, 0.5) is 0 Å². The minimum Gasteiger partial charge on any atom is -0.352 e. The minimum absolute atomic E-state index is 0.0568. The Labute approximate surface area is 87.4 Å². The fourth-order valence-corrected chi connectivity index (χ4v) is 0.874. The highest BCUT2D eigenvalue weighted by atomic mass is 16.2. The zero-order valence-corrected chi connectivity index (χ0v) is 10.2. The van der Waals surface area contributed by atoms with Crippen LogP contribution in [0.25, 0.3) is 0 Å². The summed E-state index contributed by atoms with van der Waals surface area (Å²) in [4.78, 5) is 11.7. The molecule has 0 saturated heterocycles. The van der Waals surface area contributed by atoms with Crippen LogP contribution in [-0.2, 0) is 4.79 Å². The van der Waals surface area contributed by atoms with Crippen molar-refractivity contribution >= 4 is 5.91 Å². The smallest absolute Gasteiger partial charge is 0.237 e. The molecule has 14 heavy (non-hydrogen) atoms. The van der Waals surface area contributed by atoms with E-state index in [0.717, 1.165) is 0 Å². The van der Waals surface area contributed by atoms with E-state index in [9.17, 15) is 4.79 Å². The molecule has 1 amide bonds. The number of hydrogen-bond acceptors (Lipinski definition) is 2. The fraction of sp³-hybridized carbons (Fsp3) is 0.909. The van der Waals surface area contributed by atoms with E-state index in [1.54, 1.807) is 0 Å². The van der Waals surface area contributed by atoms with Crippen molar-refractivity contribution in [2.24, 2.45) is 17.1 Å². The number of nitrogens with two attached hydrogens (primary N) is 1. The van der Waals surface area contributed by atoms with Crippen molar-refractivity contribution in [2.45, 2.75) is 53.6 Å². The number of carbonyl (C=O) groups excluding carboxylic acids is 1. The van der Waals surface area contributed by atoms with E-state index in [1.165, 1.54) is 0 Å². The second-order valence-corrected chi connectivity index (χ2v) is 5.38. The van der Waals surface area contributed by atoms with Gasteiger partial charge >= 0.3 is 0 Å². The number of carbonyl (C=O) groups is 1. The van der Waals surface area contributed by atoms with Gasteiger partial charge in [0, 0.05) is 6.04 Å². The molecule has 0 aromatic carbocycles. The average molecular weight is 200 g/mol. The van der Waals surface area contributed by atoms with Crippen LogP contribution < -0.4 is 11.1 Å². The second kappa shape index (κ2) is 4.78. The highest BCUT2D eigenvalue weighted by Crippen LogP contribution is 2.17. The second-order valence-electron chi connectivity index (χ2n) is 5.38. The van der Waals surface area contributed by atoms with Gasteiger partial charge in [-0.3, -0.25) is 4.79 Å². The summed E-state index contributed by atoms with van der Waals surface area (Å²) in [7, 11) is 0. The van der Waals surface area contributed by atoms with Crippen molar-refractivity contribution < 1.29 is 4.79 Å². The van der Waals surface area contributed by atoms with Crippen LogP contribution in [0.5, 0.6) is 0 Å². The molecule has 3 heteroatoms. The third-order valence-electron chi connectivity index (χ3n) is 2.59. The largest absolute Gasteiger partial charge is 0.352 e. The van der Waals surface area contributed by atoms with Gasteiger partial charge < -0.3 is 11.1 Å². The standard InChI is InChI=1S/C11H24N2O/c1-7(2)8(3)13-10(14)9(12)11(4,5)6/h7-9H,12H2,1-6H3,(H,13,14). The molecule has 84 valence electrons. The van der Waals surface area contributed by atoms with Gasteiger partial charge in [-0.05, 0) is 18.3 Å². The Morgan fingerprint density at radius 2 is 1.64 bits per heavy atom. The highest BCUT2D eigenvalue weighted by molar-refractivity contribution is 5.82. The topological polar surface area (TPSA) is 55.1 Å². The van der Waals surface area contributed by atoms with E-state index in [0.29, 0.717) is 5.92 Å². The molecule has 0 rings (SSSR count). The minimum atomic E-state index is -0.441. The third kappa shape index (κ3) is 4.09. The van der Waals surface area contributed by atoms with E-state index in [4.69, 9.17) is 5.73 Å². The van der Waals surface area contributed by atoms with E-state index < -0.39 is 6.04 Å². The molecule has 0 bridgehead atoms. The van der Waals surface area contributed by atoms with Gasteiger partial charge in [0.15, 0.2) is 0 Å². The molecule has 0 heterocycles. The molecule has 0 aliphatic carbocycles. The summed E-state index contributed by atoms with van der Waals surface area (Å²) in [6.07, 6.45) is 0. The maximum Gasteiger partial charge on any atom is 0.237 e. The van der Waals surface area contributed by atoms with Crippen LogP contribution in [0.2, 0.25) is 0 Å². The molecule has 3 N–H and O–H groups in total. The quantitative estimate of drug-likeness (QED) is 0.725. The Balaban J connectivity index is 4.23. The lowest BCUT2D eigenvalue weighted by Crippen LogP contribution is -2.51. The van der Waals surface area contributed by atoms with E-state index >= 15 is 0 Å². The first-order chi connectivity index (χ1) is 6.16. The van der Waals surface area contributed by atoms with Gasteiger partial charge in [0.1, 0.15) is 0 Å². The lowest BCUT2D eigenvalue weighted by atomic mass is 9.86. The van der Waals surface area contributed by atoms with Crippen molar-refractivity contribution in [3.05, 3.63) is 0 Å². The Morgan fingerprint density at radius 1 is 1.21 bits per heavy atom. The van der Waals surface area contributed by atoms with Crippen molar-refractivity contribution in [1.29, 1.82) is 0 Å². The van der Waals surface area contributed by atoms with Crippen molar-refractivity contribution in [1.82, 2.24) is 5.32 Å². The van der Waals surface area contributed by atoms with Crippen molar-refractivity contribution in [3.63, 3.8) is 0 Å². The Hall–Kier alpha value is -0.570. The van der Waals surface area contributed by atoms with Crippen molar-refractivity contribution in [3.8, 4) is 0 Å². The molecule has 2 atom stereocenters. The van der Waals surface area contributed by atoms with Gasteiger partial charge in [0.05, 0.1) is 6.04 Å². The Kier molecular flexibility index (Phi) is 4.59. The van der Waals surface area contributed by atoms with E-state index in [-0.39, 0.29) is 17.4 Å². The normalized spacial score (nSPS) is 16.6. The summed E-state index contributed by atoms with van der Waals surface area (Å²) in [5.74, 6) is 0.379. The van der Waals surface area contributed by atoms with Gasteiger partial charge in [-0.15, -0.1) is 0 Å². The third-order valence-corrected chi connectivity index (χ3v) is 2.59. The molecule has 0 aromatic heterocycles. The predicted molar refractivity (Wildman–Crippen MR) is 59.9 cm³/mol. The predicted octanol–water partition coefficient (Wildman–Crippen LogP) is 1.52. The molecule has 0 radical (unpaired) electrons. The molecule has 2 unspecified atom stereocenters. The first kappa shape index (κ1) is 13.4. The molecule has 0 fully saturated rings. The lowest BCUT2D eigenvalue weighted by molar-refractivity contribution is -0.125. The molecule has 3 nitrogen and oxygen atoms in total. The summed E-state index contributed by atoms with van der Waals surface area (Å²) in [5.41, 5.74) is 5.65. The van der Waals surface area contributed by atoms with E-state index in [2.05, 4.69) is 19.2 Å². The number of rotatable bonds is 3. The lowest BCUT2D eigenvalue weighted by Gasteiger charge is -2.28. The molecule has 0 aliphatic heterocycles. The maximum atomic E-state index is 11.7. The first-order valence-electron chi connectivity index (χ1n) is 5.22. The highest BCUT2D eigenvalue weighted by Gasteiger charge is 2.28. The zero-order valence-electron chi connectivity index (χ0n) is 10.2. The Bertz CT molecular complexity index is 194. The monoisotopic (exact) mass is 200 g/mol.